The van der Waals surface area contributed by atoms with E-state index in [4.69, 9.17) is 4.42 Å². The largest absolute Gasteiger partial charge is 0.468 e. The van der Waals surface area contributed by atoms with Crippen molar-refractivity contribution in [3.05, 3.63) is 24.2 Å². The van der Waals surface area contributed by atoms with E-state index < -0.39 is 0 Å². The molecule has 1 heterocycles. The van der Waals surface area contributed by atoms with Gasteiger partial charge in [-0.2, -0.15) is 0 Å². The van der Waals surface area contributed by atoms with Gasteiger partial charge in [0.15, 0.2) is 0 Å². The summed E-state index contributed by atoms with van der Waals surface area (Å²) >= 11 is 0. The molecule has 1 aromatic heterocycles. The third kappa shape index (κ3) is 6.84. The van der Waals surface area contributed by atoms with Crippen LogP contribution in [0.5, 0.6) is 0 Å². The summed E-state index contributed by atoms with van der Waals surface area (Å²) in [5.41, 5.74) is 0. The van der Waals surface area contributed by atoms with Gasteiger partial charge >= 0.3 is 6.03 Å². The number of amides is 2. The monoisotopic (exact) mass is 292 g/mol. The van der Waals surface area contributed by atoms with Gasteiger partial charge in [0.05, 0.1) is 25.4 Å². The highest BCUT2D eigenvalue weighted by atomic mass is 16.3. The molecule has 0 spiro atoms. The number of furan rings is 1. The number of hydrogen-bond acceptors (Lipinski definition) is 4. The first-order valence-electron chi connectivity index (χ1n) is 6.82. The number of likely N-dealkylation sites (N-methyl/N-ethyl adjacent to an activating group) is 1. The molecular weight excluding hydrogens is 268 g/mol. The van der Waals surface area contributed by atoms with Crippen LogP contribution < -0.4 is 10.6 Å². The zero-order valence-corrected chi connectivity index (χ0v) is 13.1. The Balaban J connectivity index is 2.32. The molecule has 0 bridgehead atoms. The average Bonchev–Trinajstić information content (AvgIpc) is 2.91. The van der Waals surface area contributed by atoms with Crippen molar-refractivity contribution >= 4 is 6.03 Å². The molecule has 116 valence electrons. The Morgan fingerprint density at radius 2 is 2.05 bits per heavy atom. The normalized spacial score (nSPS) is 11.9. The van der Waals surface area contributed by atoms with E-state index in [1.54, 1.807) is 6.26 Å². The van der Waals surface area contributed by atoms with Gasteiger partial charge in [0.25, 0.3) is 0 Å². The number of nitrogens with zero attached hydrogens (tertiary/aromatic N) is 2. The summed E-state index contributed by atoms with van der Waals surface area (Å²) in [7, 11) is 7.79. The molecule has 0 saturated carbocycles. The van der Waals surface area contributed by atoms with Crippen LogP contribution in [-0.2, 0) is 0 Å². The first kappa shape index (κ1) is 17.1. The predicted molar refractivity (Wildman–Crippen MR) is 82.9 cm³/mol. The third-order valence-corrected chi connectivity index (χ3v) is 2.81. The summed E-state index contributed by atoms with van der Waals surface area (Å²) in [6.07, 6.45) is 1.63. The lowest BCUT2D eigenvalue weighted by Gasteiger charge is -2.22. The van der Waals surface area contributed by atoms with Crippen LogP contribution in [0.3, 0.4) is 0 Å². The standard InChI is InChI=1S/C15H24N4O2/c1-18(2)10-6-5-9-16-15(20)17-12-13(19(3)4)14-8-7-11-21-14/h7-8,11,13H,9-10,12H2,1-4H3,(H2,16,17,20). The van der Waals surface area contributed by atoms with Gasteiger partial charge in [-0.3, -0.25) is 9.80 Å². The van der Waals surface area contributed by atoms with E-state index in [-0.39, 0.29) is 12.1 Å². The maximum absolute atomic E-state index is 11.7. The molecule has 21 heavy (non-hydrogen) atoms. The van der Waals surface area contributed by atoms with Crippen LogP contribution >= 0.6 is 0 Å². The molecule has 0 fully saturated rings. The molecule has 0 aromatic carbocycles. The van der Waals surface area contributed by atoms with Crippen LogP contribution in [0.15, 0.2) is 22.8 Å². The number of urea groups is 1. The third-order valence-electron chi connectivity index (χ3n) is 2.81. The van der Waals surface area contributed by atoms with Gasteiger partial charge in [0.1, 0.15) is 5.76 Å². The highest BCUT2D eigenvalue weighted by Crippen LogP contribution is 2.17. The minimum atomic E-state index is -0.229. The van der Waals surface area contributed by atoms with Crippen molar-refractivity contribution in [3.8, 4) is 11.8 Å². The molecule has 1 unspecified atom stereocenters. The fraction of sp³-hybridized carbons (Fsp3) is 0.533. The predicted octanol–water partition coefficient (Wildman–Crippen LogP) is 0.747. The Kier molecular flexibility index (Phi) is 7.37. The Hall–Kier alpha value is -1.97. The van der Waals surface area contributed by atoms with Crippen molar-refractivity contribution in [2.75, 3.05) is 47.8 Å². The summed E-state index contributed by atoms with van der Waals surface area (Å²) in [6, 6.07) is 3.52. The molecule has 2 amide bonds. The molecule has 2 N–H and O–H groups in total. The lowest BCUT2D eigenvalue weighted by atomic mass is 10.2. The zero-order chi connectivity index (χ0) is 15.7. The zero-order valence-electron chi connectivity index (χ0n) is 13.1. The molecule has 1 atom stereocenters. The molecule has 0 aliphatic heterocycles. The lowest BCUT2D eigenvalue weighted by molar-refractivity contribution is 0.226. The molecular formula is C15H24N4O2. The highest BCUT2D eigenvalue weighted by molar-refractivity contribution is 5.74. The highest BCUT2D eigenvalue weighted by Gasteiger charge is 2.17. The minimum absolute atomic E-state index is 0.00516. The molecule has 1 aromatic rings. The Labute approximate surface area is 126 Å². The fourth-order valence-corrected chi connectivity index (χ4v) is 1.67. The van der Waals surface area contributed by atoms with Crippen LogP contribution in [-0.4, -0.2) is 63.7 Å². The topological polar surface area (TPSA) is 60.8 Å². The van der Waals surface area contributed by atoms with E-state index in [1.165, 1.54) is 0 Å². The molecule has 0 aliphatic rings. The van der Waals surface area contributed by atoms with Gasteiger partial charge in [-0.25, -0.2) is 4.79 Å². The van der Waals surface area contributed by atoms with Gasteiger partial charge in [-0.05, 0) is 40.3 Å². The molecule has 0 aliphatic carbocycles. The van der Waals surface area contributed by atoms with E-state index in [0.29, 0.717) is 19.6 Å². The van der Waals surface area contributed by atoms with Crippen molar-refractivity contribution in [1.29, 1.82) is 0 Å². The van der Waals surface area contributed by atoms with E-state index in [0.717, 1.165) is 5.76 Å². The van der Waals surface area contributed by atoms with Crippen LogP contribution in [0.25, 0.3) is 0 Å². The number of rotatable bonds is 6. The summed E-state index contributed by atoms with van der Waals surface area (Å²) in [6.45, 7) is 1.50. The SMILES string of the molecule is CN(C)CC#CCNC(=O)NCC(c1ccco1)N(C)C. The Morgan fingerprint density at radius 3 is 2.62 bits per heavy atom. The summed E-state index contributed by atoms with van der Waals surface area (Å²) in [5, 5.41) is 5.53. The van der Waals surface area contributed by atoms with Gasteiger partial charge < -0.3 is 15.1 Å². The van der Waals surface area contributed by atoms with Crippen LogP contribution in [0, 0.1) is 11.8 Å². The average molecular weight is 292 g/mol. The second-order valence-electron chi connectivity index (χ2n) is 5.15. The number of carbonyl (C=O) groups excluding carboxylic acids is 1. The van der Waals surface area contributed by atoms with Gasteiger partial charge in [0.2, 0.25) is 0 Å². The summed E-state index contributed by atoms with van der Waals surface area (Å²) in [4.78, 5) is 15.7. The fourth-order valence-electron chi connectivity index (χ4n) is 1.67. The van der Waals surface area contributed by atoms with Crippen molar-refractivity contribution in [3.63, 3.8) is 0 Å². The quantitative estimate of drug-likeness (QED) is 0.760. The van der Waals surface area contributed by atoms with Gasteiger partial charge in [-0.15, -0.1) is 0 Å². The lowest BCUT2D eigenvalue weighted by Crippen LogP contribution is -2.40. The number of nitrogens with one attached hydrogen (secondary N) is 2. The second-order valence-corrected chi connectivity index (χ2v) is 5.15. The summed E-state index contributed by atoms with van der Waals surface area (Å²) < 4.78 is 5.38. The number of hydrogen-bond donors (Lipinski definition) is 2. The molecule has 0 saturated heterocycles. The number of carbonyl (C=O) groups is 1. The first-order chi connectivity index (χ1) is 10.0. The van der Waals surface area contributed by atoms with E-state index >= 15 is 0 Å². The van der Waals surface area contributed by atoms with E-state index in [2.05, 4.69) is 22.5 Å². The van der Waals surface area contributed by atoms with Crippen molar-refractivity contribution < 1.29 is 9.21 Å². The second kappa shape index (κ2) is 9.06. The molecule has 6 nitrogen and oxygen atoms in total. The van der Waals surface area contributed by atoms with Crippen molar-refractivity contribution in [1.82, 2.24) is 20.4 Å². The van der Waals surface area contributed by atoms with Crippen molar-refractivity contribution in [2.24, 2.45) is 0 Å². The first-order valence-corrected chi connectivity index (χ1v) is 6.82. The molecule has 1 rings (SSSR count). The smallest absolute Gasteiger partial charge is 0.315 e. The van der Waals surface area contributed by atoms with Crippen LogP contribution in [0.1, 0.15) is 11.8 Å². The van der Waals surface area contributed by atoms with Crippen LogP contribution in [0.2, 0.25) is 0 Å². The molecule has 0 radical (unpaired) electrons. The molecule has 6 heteroatoms. The van der Waals surface area contributed by atoms with E-state index in [1.807, 2.05) is 50.1 Å². The van der Waals surface area contributed by atoms with Crippen LogP contribution in [0.4, 0.5) is 4.79 Å². The maximum Gasteiger partial charge on any atom is 0.315 e. The summed E-state index contributed by atoms with van der Waals surface area (Å²) in [5.74, 6) is 6.67. The van der Waals surface area contributed by atoms with Gasteiger partial charge in [0, 0.05) is 6.54 Å². The Bertz CT molecular complexity index is 472. The van der Waals surface area contributed by atoms with Gasteiger partial charge in [-0.1, -0.05) is 11.8 Å². The van der Waals surface area contributed by atoms with E-state index in [9.17, 15) is 4.79 Å². The maximum atomic E-state index is 11.7. The minimum Gasteiger partial charge on any atom is -0.468 e. The Morgan fingerprint density at radius 1 is 1.29 bits per heavy atom. The van der Waals surface area contributed by atoms with Crippen molar-refractivity contribution in [2.45, 2.75) is 6.04 Å².